The maximum absolute atomic E-state index is 12.6. The molecule has 2 aromatic carbocycles. The van der Waals surface area contributed by atoms with E-state index >= 15 is 0 Å². The minimum absolute atomic E-state index is 0.127. The highest BCUT2D eigenvalue weighted by atomic mass is 16.1. The van der Waals surface area contributed by atoms with Crippen LogP contribution >= 0.6 is 0 Å². The molecule has 3 aromatic rings. The molecular formula is C20H21N5O. The number of anilines is 1. The van der Waals surface area contributed by atoms with E-state index in [0.29, 0.717) is 5.56 Å². The van der Waals surface area contributed by atoms with Crippen LogP contribution in [-0.4, -0.2) is 38.7 Å². The van der Waals surface area contributed by atoms with Crippen LogP contribution in [0.15, 0.2) is 61.2 Å². The van der Waals surface area contributed by atoms with E-state index < -0.39 is 0 Å². The average molecular weight is 347 g/mol. The van der Waals surface area contributed by atoms with Gasteiger partial charge in [0.15, 0.2) is 0 Å². The number of likely N-dealkylation sites (tertiary alicyclic amines) is 1. The lowest BCUT2D eigenvalue weighted by atomic mass is 10.1. The van der Waals surface area contributed by atoms with Gasteiger partial charge in [0.05, 0.1) is 0 Å². The van der Waals surface area contributed by atoms with Crippen molar-refractivity contribution in [2.75, 3.05) is 18.4 Å². The first-order valence-corrected chi connectivity index (χ1v) is 8.86. The number of carbonyl (C=O) groups is 1. The summed E-state index contributed by atoms with van der Waals surface area (Å²) in [7, 11) is 0. The molecule has 0 unspecified atom stereocenters. The minimum atomic E-state index is -0.127. The lowest BCUT2D eigenvalue weighted by molar-refractivity contribution is 0.102. The van der Waals surface area contributed by atoms with Crippen LogP contribution < -0.4 is 5.32 Å². The summed E-state index contributed by atoms with van der Waals surface area (Å²) in [6.45, 7) is 3.26. The fourth-order valence-electron chi connectivity index (χ4n) is 3.29. The largest absolute Gasteiger partial charge is 0.322 e. The maximum Gasteiger partial charge on any atom is 0.255 e. The molecule has 132 valence electrons. The highest BCUT2D eigenvalue weighted by molar-refractivity contribution is 6.04. The molecule has 0 bridgehead atoms. The van der Waals surface area contributed by atoms with Crippen LogP contribution in [0.5, 0.6) is 0 Å². The van der Waals surface area contributed by atoms with E-state index in [-0.39, 0.29) is 5.91 Å². The zero-order valence-electron chi connectivity index (χ0n) is 14.5. The molecule has 1 aliphatic rings. The van der Waals surface area contributed by atoms with E-state index in [1.807, 2.05) is 30.3 Å². The van der Waals surface area contributed by atoms with Crippen LogP contribution in [0.1, 0.15) is 28.8 Å². The first-order chi connectivity index (χ1) is 12.8. The van der Waals surface area contributed by atoms with Crippen molar-refractivity contribution >= 4 is 11.6 Å². The zero-order valence-corrected chi connectivity index (χ0v) is 14.5. The summed E-state index contributed by atoms with van der Waals surface area (Å²) in [5, 5.41) is 10.6. The summed E-state index contributed by atoms with van der Waals surface area (Å²) >= 11 is 0. The lowest BCUT2D eigenvalue weighted by Gasteiger charge is -2.15. The van der Waals surface area contributed by atoms with E-state index in [2.05, 4.69) is 32.5 Å². The van der Waals surface area contributed by atoms with Gasteiger partial charge in [-0.2, -0.15) is 0 Å². The normalized spacial score (nSPS) is 14.5. The molecule has 0 aliphatic carbocycles. The van der Waals surface area contributed by atoms with Gasteiger partial charge in [-0.05, 0) is 61.8 Å². The molecule has 1 saturated heterocycles. The summed E-state index contributed by atoms with van der Waals surface area (Å²) < 4.78 is 1.77. The van der Waals surface area contributed by atoms with Crippen LogP contribution in [0.4, 0.5) is 5.69 Å². The fourth-order valence-corrected chi connectivity index (χ4v) is 3.29. The average Bonchev–Trinajstić information content (AvgIpc) is 3.36. The fraction of sp³-hybridized carbons (Fsp3) is 0.250. The topological polar surface area (TPSA) is 63.1 Å². The van der Waals surface area contributed by atoms with E-state index in [9.17, 15) is 4.79 Å². The molecule has 0 atom stereocenters. The van der Waals surface area contributed by atoms with Crippen molar-refractivity contribution < 1.29 is 4.79 Å². The molecule has 1 N–H and O–H groups in total. The van der Waals surface area contributed by atoms with Crippen molar-refractivity contribution in [2.45, 2.75) is 19.4 Å². The van der Waals surface area contributed by atoms with Gasteiger partial charge in [0.1, 0.15) is 12.7 Å². The number of carbonyl (C=O) groups excluding carboxylic acids is 1. The Hall–Kier alpha value is -2.99. The van der Waals surface area contributed by atoms with Gasteiger partial charge < -0.3 is 5.32 Å². The standard InChI is InChI=1S/C20H21N5O/c26-20(17-6-4-8-19(12-17)25-14-21-22-15-25)23-18-7-3-5-16(11-18)13-24-9-1-2-10-24/h3-8,11-12,14-15H,1-2,9-10,13H2,(H,23,26). The number of rotatable bonds is 5. The number of hydrogen-bond donors (Lipinski definition) is 1. The highest BCUT2D eigenvalue weighted by Crippen LogP contribution is 2.17. The molecule has 0 saturated carbocycles. The lowest BCUT2D eigenvalue weighted by Crippen LogP contribution is -2.18. The first-order valence-electron chi connectivity index (χ1n) is 8.86. The summed E-state index contributed by atoms with van der Waals surface area (Å²) in [6.07, 6.45) is 5.77. The summed E-state index contributed by atoms with van der Waals surface area (Å²) in [5.41, 5.74) is 3.50. The predicted octanol–water partition coefficient (Wildman–Crippen LogP) is 3.12. The SMILES string of the molecule is O=C(Nc1cccc(CN2CCCC2)c1)c1cccc(-n2cnnc2)c1. The Bertz CT molecular complexity index is 885. The van der Waals surface area contributed by atoms with E-state index in [0.717, 1.165) is 31.0 Å². The molecule has 2 heterocycles. The second kappa shape index (κ2) is 7.49. The molecule has 1 aliphatic heterocycles. The monoisotopic (exact) mass is 347 g/mol. The van der Waals surface area contributed by atoms with Crippen LogP contribution in [-0.2, 0) is 6.54 Å². The summed E-state index contributed by atoms with van der Waals surface area (Å²) in [6, 6.07) is 15.5. The van der Waals surface area contributed by atoms with Gasteiger partial charge in [-0.25, -0.2) is 0 Å². The maximum atomic E-state index is 12.6. The predicted molar refractivity (Wildman–Crippen MR) is 100 cm³/mol. The zero-order chi connectivity index (χ0) is 17.8. The Kier molecular flexibility index (Phi) is 4.75. The Labute approximate surface area is 152 Å². The molecule has 26 heavy (non-hydrogen) atoms. The molecule has 6 heteroatoms. The molecule has 0 spiro atoms. The second-order valence-corrected chi connectivity index (χ2v) is 6.56. The highest BCUT2D eigenvalue weighted by Gasteiger charge is 2.12. The van der Waals surface area contributed by atoms with Crippen molar-refractivity contribution in [1.82, 2.24) is 19.7 Å². The van der Waals surface area contributed by atoms with E-state index in [1.54, 1.807) is 23.3 Å². The molecule has 4 rings (SSSR count). The van der Waals surface area contributed by atoms with E-state index in [1.165, 1.54) is 18.4 Å². The van der Waals surface area contributed by atoms with Gasteiger partial charge in [-0.1, -0.05) is 18.2 Å². The van der Waals surface area contributed by atoms with Gasteiger partial charge in [-0.3, -0.25) is 14.3 Å². The van der Waals surface area contributed by atoms with Crippen molar-refractivity contribution in [2.24, 2.45) is 0 Å². The third kappa shape index (κ3) is 3.81. The Morgan fingerprint density at radius 3 is 2.58 bits per heavy atom. The number of nitrogens with zero attached hydrogens (tertiary/aromatic N) is 4. The van der Waals surface area contributed by atoms with Gasteiger partial charge >= 0.3 is 0 Å². The Morgan fingerprint density at radius 2 is 1.77 bits per heavy atom. The first kappa shape index (κ1) is 16.5. The second-order valence-electron chi connectivity index (χ2n) is 6.56. The molecule has 1 aromatic heterocycles. The van der Waals surface area contributed by atoms with Crippen LogP contribution in [0.25, 0.3) is 5.69 Å². The van der Waals surface area contributed by atoms with Gasteiger partial charge in [0, 0.05) is 23.5 Å². The molecule has 6 nitrogen and oxygen atoms in total. The number of benzene rings is 2. The number of nitrogens with one attached hydrogen (secondary N) is 1. The minimum Gasteiger partial charge on any atom is -0.322 e. The molecule has 1 fully saturated rings. The van der Waals surface area contributed by atoms with Crippen molar-refractivity contribution in [3.8, 4) is 5.69 Å². The summed E-state index contributed by atoms with van der Waals surface area (Å²) in [4.78, 5) is 15.1. The summed E-state index contributed by atoms with van der Waals surface area (Å²) in [5.74, 6) is -0.127. The number of amides is 1. The Morgan fingerprint density at radius 1 is 1.00 bits per heavy atom. The molecular weight excluding hydrogens is 326 g/mol. The third-order valence-electron chi connectivity index (χ3n) is 4.61. The van der Waals surface area contributed by atoms with Gasteiger partial charge in [0.25, 0.3) is 5.91 Å². The van der Waals surface area contributed by atoms with E-state index in [4.69, 9.17) is 0 Å². The van der Waals surface area contributed by atoms with Crippen LogP contribution in [0.2, 0.25) is 0 Å². The van der Waals surface area contributed by atoms with Crippen molar-refractivity contribution in [3.05, 3.63) is 72.3 Å². The van der Waals surface area contributed by atoms with Crippen LogP contribution in [0, 0.1) is 0 Å². The third-order valence-corrected chi connectivity index (χ3v) is 4.61. The molecule has 0 radical (unpaired) electrons. The van der Waals surface area contributed by atoms with Gasteiger partial charge in [0.2, 0.25) is 0 Å². The van der Waals surface area contributed by atoms with Crippen molar-refractivity contribution in [3.63, 3.8) is 0 Å². The Balaban J connectivity index is 1.47. The number of hydrogen-bond acceptors (Lipinski definition) is 4. The van der Waals surface area contributed by atoms with Gasteiger partial charge in [-0.15, -0.1) is 10.2 Å². The quantitative estimate of drug-likeness (QED) is 0.770. The number of aromatic nitrogens is 3. The van der Waals surface area contributed by atoms with Crippen molar-refractivity contribution in [1.29, 1.82) is 0 Å². The van der Waals surface area contributed by atoms with Crippen LogP contribution in [0.3, 0.4) is 0 Å². The smallest absolute Gasteiger partial charge is 0.255 e. The molecule has 1 amide bonds.